The zero-order valence-corrected chi connectivity index (χ0v) is 17.3. The van der Waals surface area contributed by atoms with Crippen LogP contribution in [0.25, 0.3) is 0 Å². The molecule has 1 unspecified atom stereocenters. The van der Waals surface area contributed by atoms with Crippen molar-refractivity contribution in [2.75, 3.05) is 6.61 Å². The number of benzene rings is 1. The maximum absolute atomic E-state index is 12.0. The molecule has 1 aromatic carbocycles. The predicted molar refractivity (Wildman–Crippen MR) is 110 cm³/mol. The molecule has 1 aromatic rings. The van der Waals surface area contributed by atoms with E-state index in [0.29, 0.717) is 24.3 Å². The molecular formula is C23H28O7. The lowest BCUT2D eigenvalue weighted by Gasteiger charge is -2.32. The molecule has 162 valence electrons. The fourth-order valence-corrected chi connectivity index (χ4v) is 2.84. The van der Waals surface area contributed by atoms with Crippen LogP contribution < -0.4 is 4.74 Å². The van der Waals surface area contributed by atoms with Crippen molar-refractivity contribution in [2.24, 2.45) is 0 Å². The van der Waals surface area contributed by atoms with Crippen LogP contribution in [0.3, 0.4) is 0 Å². The van der Waals surface area contributed by atoms with Crippen LogP contribution in [0.15, 0.2) is 42.5 Å². The molecule has 7 nitrogen and oxygen atoms in total. The van der Waals surface area contributed by atoms with Gasteiger partial charge in [0.1, 0.15) is 29.8 Å². The molecule has 0 aliphatic heterocycles. The number of rotatable bonds is 15. The Hall–Kier alpha value is -3.14. The van der Waals surface area contributed by atoms with Gasteiger partial charge in [0.2, 0.25) is 0 Å². The van der Waals surface area contributed by atoms with Gasteiger partial charge in [-0.05, 0) is 18.6 Å². The Kier molecular flexibility index (Phi) is 12.3. The molecule has 0 N–H and O–H groups in total. The third-order valence-electron chi connectivity index (χ3n) is 4.28. The number of carbonyl (C=O) groups is 2. The van der Waals surface area contributed by atoms with Gasteiger partial charge in [-0.15, -0.1) is 0 Å². The smallest absolute Gasteiger partial charge is 0.345 e. The van der Waals surface area contributed by atoms with E-state index in [1.54, 1.807) is 30.3 Å². The fourth-order valence-electron chi connectivity index (χ4n) is 2.84. The molecule has 7 heteroatoms. The summed E-state index contributed by atoms with van der Waals surface area (Å²) in [4.78, 5) is 44.5. The van der Waals surface area contributed by atoms with Gasteiger partial charge in [-0.25, -0.2) is 19.2 Å². The Balaban J connectivity index is 2.94. The first-order chi connectivity index (χ1) is 14.5. The van der Waals surface area contributed by atoms with Crippen LogP contribution >= 0.6 is 0 Å². The average Bonchev–Trinajstić information content (AvgIpc) is 2.73. The molecule has 0 spiro atoms. The Morgan fingerprint density at radius 2 is 1.50 bits per heavy atom. The fraction of sp³-hybridized carbons (Fsp3) is 0.478. The number of para-hydroxylation sites is 1. The topological polar surface area (TPSA) is 96.0 Å². The van der Waals surface area contributed by atoms with Crippen molar-refractivity contribution in [1.82, 2.24) is 0 Å². The van der Waals surface area contributed by atoms with Gasteiger partial charge in [-0.1, -0.05) is 63.6 Å². The van der Waals surface area contributed by atoms with Crippen LogP contribution in [0.5, 0.6) is 5.75 Å². The second-order valence-corrected chi connectivity index (χ2v) is 6.75. The predicted octanol–water partition coefficient (Wildman–Crippen LogP) is 3.76. The van der Waals surface area contributed by atoms with E-state index in [9.17, 15) is 19.2 Å². The highest BCUT2D eigenvalue weighted by Gasteiger charge is 2.38. The maximum Gasteiger partial charge on any atom is 0.345 e. The molecular weight excluding hydrogens is 388 g/mol. The van der Waals surface area contributed by atoms with Gasteiger partial charge in [-0.2, -0.15) is 0 Å². The summed E-state index contributed by atoms with van der Waals surface area (Å²) in [6.07, 6.45) is 8.55. The largest absolute Gasteiger partial charge is 0.454 e. The Labute approximate surface area is 176 Å². The number of carbonyl (C=O) groups excluding carboxylic acids is 4. The summed E-state index contributed by atoms with van der Waals surface area (Å²) in [5, 5.41) is 0. The maximum atomic E-state index is 12.0. The molecule has 0 bridgehead atoms. The second kappa shape index (κ2) is 14.8. The van der Waals surface area contributed by atoms with E-state index >= 15 is 0 Å². The molecule has 30 heavy (non-hydrogen) atoms. The SMILES string of the molecule is CCCCCCCCCC(COC(=O)C=C=O)(OC(=O)C=C=O)Oc1ccccc1. The highest BCUT2D eigenvalue weighted by atomic mass is 16.7. The zero-order valence-electron chi connectivity index (χ0n) is 17.3. The number of esters is 2. The summed E-state index contributed by atoms with van der Waals surface area (Å²) < 4.78 is 16.3. The number of hydrogen-bond acceptors (Lipinski definition) is 7. The van der Waals surface area contributed by atoms with Crippen LogP contribution in [0.2, 0.25) is 0 Å². The van der Waals surface area contributed by atoms with Gasteiger partial charge in [-0.3, -0.25) is 0 Å². The average molecular weight is 416 g/mol. The van der Waals surface area contributed by atoms with Crippen molar-refractivity contribution in [3.8, 4) is 5.75 Å². The highest BCUT2D eigenvalue weighted by molar-refractivity contribution is 5.90. The normalized spacial score (nSPS) is 11.9. The zero-order chi connectivity index (χ0) is 22.1. The molecule has 0 heterocycles. The summed E-state index contributed by atoms with van der Waals surface area (Å²) in [6, 6.07) is 8.59. The Bertz CT molecular complexity index is 746. The molecule has 0 aromatic heterocycles. The van der Waals surface area contributed by atoms with Crippen LogP contribution in [-0.4, -0.2) is 36.2 Å². The lowest BCUT2D eigenvalue weighted by atomic mass is 10.0. The first-order valence-corrected chi connectivity index (χ1v) is 10.1. The van der Waals surface area contributed by atoms with Crippen molar-refractivity contribution < 1.29 is 33.4 Å². The standard InChI is InChI=1S/C23H28O7/c1-2-3-4-5-6-7-11-16-23(30-22(27)15-18-25,19-28-21(26)14-17-24)29-20-12-9-8-10-13-20/h8-10,12-15H,2-7,11,16,19H2,1H3. The minimum Gasteiger partial charge on any atom is -0.454 e. The third-order valence-corrected chi connectivity index (χ3v) is 4.28. The van der Waals surface area contributed by atoms with Crippen molar-refractivity contribution >= 4 is 23.8 Å². The second-order valence-electron chi connectivity index (χ2n) is 6.75. The van der Waals surface area contributed by atoms with E-state index in [4.69, 9.17) is 14.2 Å². The van der Waals surface area contributed by atoms with Gasteiger partial charge in [0, 0.05) is 6.42 Å². The molecule has 0 radical (unpaired) electrons. The Morgan fingerprint density at radius 3 is 2.13 bits per heavy atom. The van der Waals surface area contributed by atoms with Crippen LogP contribution in [-0.2, 0) is 28.7 Å². The van der Waals surface area contributed by atoms with E-state index in [2.05, 4.69) is 6.92 Å². The first kappa shape index (κ1) is 24.9. The minimum absolute atomic E-state index is 0.228. The quantitative estimate of drug-likeness (QED) is 0.141. The Morgan fingerprint density at radius 1 is 0.900 bits per heavy atom. The van der Waals surface area contributed by atoms with E-state index in [1.807, 2.05) is 0 Å². The molecule has 1 atom stereocenters. The van der Waals surface area contributed by atoms with Crippen LogP contribution in [0.4, 0.5) is 0 Å². The van der Waals surface area contributed by atoms with Crippen LogP contribution in [0.1, 0.15) is 58.3 Å². The molecule has 0 fully saturated rings. The van der Waals surface area contributed by atoms with Crippen molar-refractivity contribution in [3.05, 3.63) is 42.5 Å². The van der Waals surface area contributed by atoms with E-state index in [-0.39, 0.29) is 6.42 Å². The van der Waals surface area contributed by atoms with Gasteiger partial charge in [0.05, 0.1) is 0 Å². The summed E-state index contributed by atoms with van der Waals surface area (Å²) in [7, 11) is 0. The number of ether oxygens (including phenoxy) is 3. The monoisotopic (exact) mass is 416 g/mol. The summed E-state index contributed by atoms with van der Waals surface area (Å²) in [6.45, 7) is 1.70. The third kappa shape index (κ3) is 10.4. The van der Waals surface area contributed by atoms with Crippen LogP contribution in [0, 0.1) is 0 Å². The minimum atomic E-state index is -1.65. The van der Waals surface area contributed by atoms with Crippen molar-refractivity contribution in [2.45, 2.75) is 64.1 Å². The number of unbranched alkanes of at least 4 members (excludes halogenated alkanes) is 6. The lowest BCUT2D eigenvalue weighted by Crippen LogP contribution is -2.46. The molecule has 0 aliphatic carbocycles. The summed E-state index contributed by atoms with van der Waals surface area (Å²) in [5.74, 6) is -0.461. The van der Waals surface area contributed by atoms with E-state index in [1.165, 1.54) is 18.3 Å². The number of hydrogen-bond donors (Lipinski definition) is 0. The molecule has 1 rings (SSSR count). The van der Waals surface area contributed by atoms with E-state index in [0.717, 1.165) is 32.1 Å². The molecule has 0 aliphatic rings. The highest BCUT2D eigenvalue weighted by Crippen LogP contribution is 2.27. The van der Waals surface area contributed by atoms with E-state index < -0.39 is 24.3 Å². The lowest BCUT2D eigenvalue weighted by molar-refractivity contribution is -0.215. The summed E-state index contributed by atoms with van der Waals surface area (Å²) in [5.41, 5.74) is 0. The first-order valence-electron chi connectivity index (χ1n) is 10.1. The molecule has 0 saturated heterocycles. The van der Waals surface area contributed by atoms with Gasteiger partial charge < -0.3 is 14.2 Å². The molecule has 0 saturated carbocycles. The van der Waals surface area contributed by atoms with Gasteiger partial charge in [0.25, 0.3) is 5.79 Å². The molecule has 0 amide bonds. The van der Waals surface area contributed by atoms with Crippen molar-refractivity contribution in [3.63, 3.8) is 0 Å². The van der Waals surface area contributed by atoms with Gasteiger partial charge in [0.15, 0.2) is 6.61 Å². The van der Waals surface area contributed by atoms with Crippen molar-refractivity contribution in [1.29, 1.82) is 0 Å². The summed E-state index contributed by atoms with van der Waals surface area (Å²) >= 11 is 0. The van der Waals surface area contributed by atoms with Gasteiger partial charge >= 0.3 is 11.9 Å².